The van der Waals surface area contributed by atoms with Crippen LogP contribution in [0.2, 0.25) is 0 Å². The van der Waals surface area contributed by atoms with Gasteiger partial charge in [-0.1, -0.05) is 54.6 Å². The Morgan fingerprint density at radius 1 is 1.03 bits per heavy atom. The Morgan fingerprint density at radius 3 is 2.53 bits per heavy atom. The van der Waals surface area contributed by atoms with E-state index in [9.17, 15) is 19.5 Å². The highest BCUT2D eigenvalue weighted by atomic mass is 16.3. The summed E-state index contributed by atoms with van der Waals surface area (Å²) in [7, 11) is 0. The molecule has 4 rings (SSSR count). The molecule has 200 valence electrons. The molecule has 0 aliphatic carbocycles. The van der Waals surface area contributed by atoms with Gasteiger partial charge >= 0.3 is 0 Å². The van der Waals surface area contributed by atoms with Gasteiger partial charge < -0.3 is 21.5 Å². The monoisotopic (exact) mass is 518 g/mol. The van der Waals surface area contributed by atoms with Crippen molar-refractivity contribution in [3.8, 4) is 0 Å². The van der Waals surface area contributed by atoms with E-state index >= 15 is 0 Å². The normalized spacial score (nSPS) is 17.8. The number of aromatic nitrogens is 1. The quantitative estimate of drug-likeness (QED) is 0.220. The van der Waals surface area contributed by atoms with Gasteiger partial charge in [-0.15, -0.1) is 0 Å². The van der Waals surface area contributed by atoms with Gasteiger partial charge in [0.15, 0.2) is 0 Å². The topological polar surface area (TPSA) is 158 Å². The third-order valence-corrected chi connectivity index (χ3v) is 6.64. The predicted molar refractivity (Wildman–Crippen MR) is 144 cm³/mol. The van der Waals surface area contributed by atoms with Gasteiger partial charge in [0.1, 0.15) is 11.7 Å². The van der Waals surface area contributed by atoms with Gasteiger partial charge in [-0.2, -0.15) is 0 Å². The zero-order valence-corrected chi connectivity index (χ0v) is 21.1. The standard InChI is InChI=1S/C28H34N6O4/c29-26(36)17-24(33-27(37)22-13-12-19-9-4-5-11-21(19)31-22)28(38)32-23(15-18-7-2-1-3-8-18)25(35)16-20-10-6-14-30-34-20/h1-5,7-9,11-13,20,23-25,30,34-35H,6,10,14-17H2,(H2,29,36)(H,32,38)(H,33,37)/t20?,23-,24-,25-/m0/s1. The summed E-state index contributed by atoms with van der Waals surface area (Å²) in [6, 6.07) is 18.4. The van der Waals surface area contributed by atoms with Crippen LogP contribution in [0.3, 0.4) is 0 Å². The summed E-state index contributed by atoms with van der Waals surface area (Å²) < 4.78 is 0. The number of carbonyl (C=O) groups excluding carboxylic acids is 3. The smallest absolute Gasteiger partial charge is 0.270 e. The Morgan fingerprint density at radius 2 is 1.79 bits per heavy atom. The maximum absolute atomic E-state index is 13.4. The maximum atomic E-state index is 13.4. The molecule has 2 heterocycles. The fourth-order valence-corrected chi connectivity index (χ4v) is 4.63. The minimum atomic E-state index is -1.23. The summed E-state index contributed by atoms with van der Waals surface area (Å²) in [4.78, 5) is 42.5. The summed E-state index contributed by atoms with van der Waals surface area (Å²) in [5, 5.41) is 17.5. The number of nitrogens with two attached hydrogens (primary N) is 1. The number of hydrogen-bond donors (Lipinski definition) is 6. The molecular weight excluding hydrogens is 484 g/mol. The highest BCUT2D eigenvalue weighted by molar-refractivity contribution is 5.99. The molecule has 1 aromatic heterocycles. The van der Waals surface area contributed by atoms with E-state index in [0.717, 1.165) is 30.3 Å². The summed E-state index contributed by atoms with van der Waals surface area (Å²) >= 11 is 0. The Hall–Kier alpha value is -3.86. The van der Waals surface area contributed by atoms with E-state index in [0.29, 0.717) is 18.4 Å². The molecule has 1 aliphatic rings. The van der Waals surface area contributed by atoms with Crippen molar-refractivity contribution >= 4 is 28.6 Å². The molecule has 10 heteroatoms. The highest BCUT2D eigenvalue weighted by Gasteiger charge is 2.30. The van der Waals surface area contributed by atoms with E-state index in [1.165, 1.54) is 0 Å². The van der Waals surface area contributed by atoms with Crippen LogP contribution in [0, 0.1) is 0 Å². The van der Waals surface area contributed by atoms with Gasteiger partial charge in [0, 0.05) is 18.0 Å². The van der Waals surface area contributed by atoms with E-state index in [1.807, 2.05) is 48.5 Å². The number of fused-ring (bicyclic) bond motifs is 1. The molecule has 3 amide bonds. The van der Waals surface area contributed by atoms with Crippen LogP contribution in [0.5, 0.6) is 0 Å². The van der Waals surface area contributed by atoms with Crippen LogP contribution >= 0.6 is 0 Å². The van der Waals surface area contributed by atoms with Crippen LogP contribution in [0.25, 0.3) is 10.9 Å². The lowest BCUT2D eigenvalue weighted by molar-refractivity contribution is -0.128. The maximum Gasteiger partial charge on any atom is 0.270 e. The number of para-hydroxylation sites is 1. The first-order chi connectivity index (χ1) is 18.4. The number of nitrogens with zero attached hydrogens (tertiary/aromatic N) is 1. The predicted octanol–water partition coefficient (Wildman–Crippen LogP) is 0.944. The molecule has 1 fully saturated rings. The first-order valence-electron chi connectivity index (χ1n) is 12.8. The van der Waals surface area contributed by atoms with Crippen molar-refractivity contribution < 1.29 is 19.5 Å². The van der Waals surface area contributed by atoms with E-state index in [-0.39, 0.29) is 11.7 Å². The molecule has 4 atom stereocenters. The molecule has 7 N–H and O–H groups in total. The molecule has 1 unspecified atom stereocenters. The largest absolute Gasteiger partial charge is 0.391 e. The number of hydrazine groups is 1. The third kappa shape index (κ3) is 7.58. The minimum Gasteiger partial charge on any atom is -0.391 e. The summed E-state index contributed by atoms with van der Waals surface area (Å²) in [5.41, 5.74) is 13.4. The zero-order valence-electron chi connectivity index (χ0n) is 21.1. The van der Waals surface area contributed by atoms with Crippen molar-refractivity contribution in [2.24, 2.45) is 5.73 Å². The first-order valence-corrected chi connectivity index (χ1v) is 12.8. The molecular formula is C28H34N6O4. The fourth-order valence-electron chi connectivity index (χ4n) is 4.63. The average molecular weight is 519 g/mol. The number of benzene rings is 2. The molecule has 3 aromatic rings. The summed E-state index contributed by atoms with van der Waals surface area (Å²) in [5.74, 6) is -1.95. The number of rotatable bonds is 11. The average Bonchev–Trinajstić information content (AvgIpc) is 2.92. The number of aliphatic hydroxyl groups excluding tert-OH is 1. The second-order valence-corrected chi connectivity index (χ2v) is 9.60. The summed E-state index contributed by atoms with van der Waals surface area (Å²) in [6.45, 7) is 0.858. The van der Waals surface area contributed by atoms with Crippen molar-refractivity contribution in [2.45, 2.75) is 56.3 Å². The second-order valence-electron chi connectivity index (χ2n) is 9.60. The van der Waals surface area contributed by atoms with Gasteiger partial charge in [0.2, 0.25) is 11.8 Å². The number of nitrogens with one attached hydrogen (secondary N) is 4. The van der Waals surface area contributed by atoms with Crippen molar-refractivity contribution in [1.29, 1.82) is 0 Å². The highest BCUT2D eigenvalue weighted by Crippen LogP contribution is 2.15. The Balaban J connectivity index is 1.49. The Labute approximate surface area is 221 Å². The molecule has 1 aliphatic heterocycles. The third-order valence-electron chi connectivity index (χ3n) is 6.64. The van der Waals surface area contributed by atoms with Crippen LogP contribution in [0.1, 0.15) is 41.7 Å². The van der Waals surface area contributed by atoms with Gasteiger partial charge in [-0.05, 0) is 43.4 Å². The van der Waals surface area contributed by atoms with Crippen LogP contribution in [0.4, 0.5) is 0 Å². The number of aliphatic hydroxyl groups is 1. The zero-order chi connectivity index (χ0) is 26.9. The molecule has 0 saturated carbocycles. The van der Waals surface area contributed by atoms with Crippen LogP contribution < -0.4 is 27.2 Å². The van der Waals surface area contributed by atoms with Gasteiger partial charge in [0.05, 0.1) is 24.1 Å². The molecule has 0 spiro atoms. The lowest BCUT2D eigenvalue weighted by Gasteiger charge is -2.31. The van der Waals surface area contributed by atoms with Gasteiger partial charge in [-0.25, -0.2) is 4.98 Å². The van der Waals surface area contributed by atoms with E-state index < -0.39 is 42.3 Å². The lowest BCUT2D eigenvalue weighted by atomic mass is 9.94. The van der Waals surface area contributed by atoms with Crippen molar-refractivity contribution in [3.63, 3.8) is 0 Å². The Kier molecular flexibility index (Phi) is 9.36. The number of primary amides is 1. The number of hydrogen-bond acceptors (Lipinski definition) is 7. The minimum absolute atomic E-state index is 0.0500. The molecule has 38 heavy (non-hydrogen) atoms. The number of amides is 3. The SMILES string of the molecule is NC(=O)C[C@H](NC(=O)c1ccc2ccccc2n1)C(=O)N[C@@H](Cc1ccccc1)[C@@H](O)CC1CCCNN1. The van der Waals surface area contributed by atoms with Crippen molar-refractivity contribution in [2.75, 3.05) is 6.54 Å². The second kappa shape index (κ2) is 13.1. The molecule has 0 bridgehead atoms. The number of pyridine rings is 1. The van der Waals surface area contributed by atoms with Crippen molar-refractivity contribution in [3.05, 3.63) is 78.0 Å². The van der Waals surface area contributed by atoms with Crippen molar-refractivity contribution in [1.82, 2.24) is 26.5 Å². The van der Waals surface area contributed by atoms with E-state index in [1.54, 1.807) is 18.2 Å². The van der Waals surface area contributed by atoms with Crippen LogP contribution in [0.15, 0.2) is 66.7 Å². The Bertz CT molecular complexity index is 1250. The van der Waals surface area contributed by atoms with Gasteiger partial charge in [0.25, 0.3) is 5.91 Å². The first kappa shape index (κ1) is 27.2. The molecule has 2 aromatic carbocycles. The molecule has 1 saturated heterocycles. The van der Waals surface area contributed by atoms with Crippen LogP contribution in [-0.4, -0.2) is 58.6 Å². The van der Waals surface area contributed by atoms with Crippen LogP contribution in [-0.2, 0) is 16.0 Å². The fraction of sp³-hybridized carbons (Fsp3) is 0.357. The molecule has 10 nitrogen and oxygen atoms in total. The summed E-state index contributed by atoms with van der Waals surface area (Å²) in [6.07, 6.45) is 1.40. The van der Waals surface area contributed by atoms with Gasteiger partial charge in [-0.3, -0.25) is 25.2 Å². The molecule has 0 radical (unpaired) electrons. The van der Waals surface area contributed by atoms with E-state index in [4.69, 9.17) is 5.73 Å². The number of carbonyl (C=O) groups is 3. The van der Waals surface area contributed by atoms with E-state index in [2.05, 4.69) is 26.5 Å². The lowest BCUT2D eigenvalue weighted by Crippen LogP contribution is -2.55.